The van der Waals surface area contributed by atoms with Crippen molar-refractivity contribution >= 4 is 11.7 Å². The predicted octanol–water partition coefficient (Wildman–Crippen LogP) is 0.264. The summed E-state index contributed by atoms with van der Waals surface area (Å²) < 4.78 is 5.01. The molecule has 0 spiro atoms. The summed E-state index contributed by atoms with van der Waals surface area (Å²) in [5.74, 6) is 0.708. The summed E-state index contributed by atoms with van der Waals surface area (Å²) in [7, 11) is 1.57. The van der Waals surface area contributed by atoms with E-state index in [1.807, 2.05) is 0 Å². The highest BCUT2D eigenvalue weighted by atomic mass is 16.5. The van der Waals surface area contributed by atoms with Crippen molar-refractivity contribution in [1.29, 1.82) is 0 Å². The third-order valence-electron chi connectivity index (χ3n) is 2.89. The average molecular weight is 252 g/mol. The molecule has 2 amide bonds. The van der Waals surface area contributed by atoms with Gasteiger partial charge in [-0.2, -0.15) is 0 Å². The van der Waals surface area contributed by atoms with Crippen molar-refractivity contribution in [3.05, 3.63) is 24.3 Å². The van der Waals surface area contributed by atoms with Gasteiger partial charge < -0.3 is 25.2 Å². The Bertz CT molecular complexity index is 411. The molecule has 1 heterocycles. The van der Waals surface area contributed by atoms with Crippen LogP contribution >= 0.6 is 0 Å². The van der Waals surface area contributed by atoms with Crippen LogP contribution in [0.1, 0.15) is 0 Å². The molecule has 6 nitrogen and oxygen atoms in total. The quantitative estimate of drug-likeness (QED) is 0.705. The van der Waals surface area contributed by atoms with E-state index in [0.717, 1.165) is 0 Å². The maximum atomic E-state index is 11.8. The Kier molecular flexibility index (Phi) is 3.69. The zero-order valence-corrected chi connectivity index (χ0v) is 10.0. The van der Waals surface area contributed by atoms with Gasteiger partial charge in [0, 0.05) is 5.69 Å². The van der Waals surface area contributed by atoms with Crippen molar-refractivity contribution in [1.82, 2.24) is 4.90 Å². The molecule has 0 saturated carbocycles. The number of likely N-dealkylation sites (tertiary alicyclic amines) is 1. The Labute approximate surface area is 105 Å². The van der Waals surface area contributed by atoms with E-state index in [-0.39, 0.29) is 19.1 Å². The number of β-amino-alcohol motifs (C(OH)–C–C–N with tert-alkyl or cyclic N) is 2. The third kappa shape index (κ3) is 2.72. The van der Waals surface area contributed by atoms with Crippen LogP contribution < -0.4 is 10.1 Å². The molecular weight excluding hydrogens is 236 g/mol. The van der Waals surface area contributed by atoms with E-state index in [4.69, 9.17) is 4.74 Å². The number of amides is 2. The Morgan fingerprint density at radius 3 is 2.33 bits per heavy atom. The number of urea groups is 1. The molecule has 2 atom stereocenters. The van der Waals surface area contributed by atoms with Gasteiger partial charge in [0.05, 0.1) is 32.4 Å². The fourth-order valence-corrected chi connectivity index (χ4v) is 1.81. The molecule has 0 radical (unpaired) electrons. The number of aliphatic hydroxyl groups excluding tert-OH is 2. The summed E-state index contributed by atoms with van der Waals surface area (Å²) in [5.41, 5.74) is 0.636. The van der Waals surface area contributed by atoms with Crippen LogP contribution in [-0.4, -0.2) is 53.6 Å². The first-order chi connectivity index (χ1) is 8.60. The average Bonchev–Trinajstić information content (AvgIpc) is 2.71. The molecule has 0 aliphatic carbocycles. The summed E-state index contributed by atoms with van der Waals surface area (Å²) in [6.07, 6.45) is -1.74. The van der Waals surface area contributed by atoms with E-state index in [2.05, 4.69) is 5.32 Å². The summed E-state index contributed by atoms with van der Waals surface area (Å²) in [4.78, 5) is 13.2. The van der Waals surface area contributed by atoms with E-state index in [1.54, 1.807) is 31.4 Å². The van der Waals surface area contributed by atoms with Crippen LogP contribution in [0.2, 0.25) is 0 Å². The SMILES string of the molecule is COc1ccc(NC(=O)N2CC(O)C(O)C2)cc1. The molecule has 3 N–H and O–H groups in total. The van der Waals surface area contributed by atoms with Gasteiger partial charge in [0.15, 0.2) is 0 Å². The molecule has 1 saturated heterocycles. The lowest BCUT2D eigenvalue weighted by Crippen LogP contribution is -2.33. The molecule has 1 aromatic rings. The summed E-state index contributed by atoms with van der Waals surface area (Å²) in [6, 6.07) is 6.59. The number of aliphatic hydroxyl groups is 2. The fraction of sp³-hybridized carbons (Fsp3) is 0.417. The van der Waals surface area contributed by atoms with Crippen molar-refractivity contribution in [2.24, 2.45) is 0 Å². The molecule has 6 heteroatoms. The lowest BCUT2D eigenvalue weighted by Gasteiger charge is -2.16. The Balaban J connectivity index is 1.94. The van der Waals surface area contributed by atoms with Crippen LogP contribution in [-0.2, 0) is 0 Å². The zero-order chi connectivity index (χ0) is 13.1. The molecule has 2 rings (SSSR count). The number of carbonyl (C=O) groups excluding carboxylic acids is 1. The van der Waals surface area contributed by atoms with Crippen molar-refractivity contribution in [2.45, 2.75) is 12.2 Å². The molecule has 1 fully saturated rings. The van der Waals surface area contributed by atoms with Gasteiger partial charge in [-0.3, -0.25) is 0 Å². The monoisotopic (exact) mass is 252 g/mol. The van der Waals surface area contributed by atoms with Gasteiger partial charge in [-0.15, -0.1) is 0 Å². The van der Waals surface area contributed by atoms with E-state index in [9.17, 15) is 15.0 Å². The van der Waals surface area contributed by atoms with E-state index in [0.29, 0.717) is 11.4 Å². The van der Waals surface area contributed by atoms with Crippen molar-refractivity contribution < 1.29 is 19.7 Å². The van der Waals surface area contributed by atoms with Gasteiger partial charge in [0.1, 0.15) is 5.75 Å². The van der Waals surface area contributed by atoms with E-state index < -0.39 is 12.2 Å². The van der Waals surface area contributed by atoms with Gasteiger partial charge in [-0.05, 0) is 24.3 Å². The number of rotatable bonds is 2. The molecule has 1 aliphatic rings. The first-order valence-corrected chi connectivity index (χ1v) is 5.66. The summed E-state index contributed by atoms with van der Waals surface area (Å²) in [5, 5.41) is 21.4. The lowest BCUT2D eigenvalue weighted by atomic mass is 10.3. The van der Waals surface area contributed by atoms with Crippen LogP contribution in [0.5, 0.6) is 5.75 Å². The molecule has 1 aliphatic heterocycles. The van der Waals surface area contributed by atoms with Crippen LogP contribution in [0.25, 0.3) is 0 Å². The van der Waals surface area contributed by atoms with Crippen LogP contribution in [0, 0.1) is 0 Å². The highest BCUT2D eigenvalue weighted by molar-refractivity contribution is 5.89. The number of hydrogen-bond donors (Lipinski definition) is 3. The number of benzene rings is 1. The number of carbonyl (C=O) groups is 1. The molecule has 98 valence electrons. The number of nitrogens with zero attached hydrogens (tertiary/aromatic N) is 1. The number of nitrogens with one attached hydrogen (secondary N) is 1. The maximum absolute atomic E-state index is 11.8. The second-order valence-electron chi connectivity index (χ2n) is 4.20. The van der Waals surface area contributed by atoms with E-state index >= 15 is 0 Å². The van der Waals surface area contributed by atoms with Gasteiger partial charge >= 0.3 is 6.03 Å². The Hall–Kier alpha value is -1.79. The van der Waals surface area contributed by atoms with Crippen molar-refractivity contribution in [2.75, 3.05) is 25.5 Å². The topological polar surface area (TPSA) is 82.0 Å². The largest absolute Gasteiger partial charge is 0.497 e. The summed E-state index contributed by atoms with van der Waals surface area (Å²) in [6.45, 7) is 0.284. The van der Waals surface area contributed by atoms with Gasteiger partial charge in [-0.1, -0.05) is 0 Å². The van der Waals surface area contributed by atoms with Crippen LogP contribution in [0.15, 0.2) is 24.3 Å². The molecule has 0 bridgehead atoms. The minimum absolute atomic E-state index is 0.142. The van der Waals surface area contributed by atoms with Gasteiger partial charge in [-0.25, -0.2) is 4.79 Å². The van der Waals surface area contributed by atoms with Crippen LogP contribution in [0.4, 0.5) is 10.5 Å². The van der Waals surface area contributed by atoms with E-state index in [1.165, 1.54) is 4.90 Å². The number of ether oxygens (including phenoxy) is 1. The minimum atomic E-state index is -0.869. The first-order valence-electron chi connectivity index (χ1n) is 5.66. The van der Waals surface area contributed by atoms with Crippen molar-refractivity contribution in [3.8, 4) is 5.75 Å². The first kappa shape index (κ1) is 12.7. The highest BCUT2D eigenvalue weighted by Crippen LogP contribution is 2.17. The standard InChI is InChI=1S/C12H16N2O4/c1-18-9-4-2-8(3-5-9)13-12(17)14-6-10(15)11(16)7-14/h2-5,10-11,15-16H,6-7H2,1H3,(H,13,17). The summed E-state index contributed by atoms with van der Waals surface area (Å²) >= 11 is 0. The molecule has 1 aromatic carbocycles. The van der Waals surface area contributed by atoms with Gasteiger partial charge in [0.25, 0.3) is 0 Å². The van der Waals surface area contributed by atoms with Crippen molar-refractivity contribution in [3.63, 3.8) is 0 Å². The molecular formula is C12H16N2O4. The molecule has 18 heavy (non-hydrogen) atoms. The normalized spacial score (nSPS) is 22.9. The fourth-order valence-electron chi connectivity index (χ4n) is 1.81. The Morgan fingerprint density at radius 1 is 1.28 bits per heavy atom. The molecule has 0 aromatic heterocycles. The second-order valence-corrected chi connectivity index (χ2v) is 4.20. The highest BCUT2D eigenvalue weighted by Gasteiger charge is 2.32. The number of anilines is 1. The smallest absolute Gasteiger partial charge is 0.322 e. The van der Waals surface area contributed by atoms with Crippen LogP contribution in [0.3, 0.4) is 0 Å². The minimum Gasteiger partial charge on any atom is -0.497 e. The zero-order valence-electron chi connectivity index (χ0n) is 10.0. The molecule has 2 unspecified atom stereocenters. The van der Waals surface area contributed by atoms with Gasteiger partial charge in [0.2, 0.25) is 0 Å². The number of methoxy groups -OCH3 is 1. The third-order valence-corrected chi connectivity index (χ3v) is 2.89. The second kappa shape index (κ2) is 5.24. The lowest BCUT2D eigenvalue weighted by molar-refractivity contribution is 0.0572. The maximum Gasteiger partial charge on any atom is 0.322 e. The predicted molar refractivity (Wildman–Crippen MR) is 65.6 cm³/mol. The number of hydrogen-bond acceptors (Lipinski definition) is 4. The Morgan fingerprint density at radius 2 is 1.83 bits per heavy atom.